The molecule has 0 N–H and O–H groups in total. The van der Waals surface area contributed by atoms with Crippen molar-refractivity contribution >= 4 is 143 Å². The van der Waals surface area contributed by atoms with Crippen LogP contribution in [-0.4, -0.2) is 0 Å². The Morgan fingerprint density at radius 1 is 0.147 bits per heavy atom. The molecule has 4 aromatic heterocycles. The first-order chi connectivity index (χ1) is 57.4. The second-order valence-electron chi connectivity index (χ2n) is 30.2. The Kier molecular flexibility index (Phi) is 15.5. The zero-order valence-corrected chi connectivity index (χ0v) is 62.8. The van der Waals surface area contributed by atoms with Crippen LogP contribution in [0.15, 0.2) is 430 Å². The predicted molar refractivity (Wildman–Crippen MR) is 483 cm³/mol. The molecule has 0 aliphatic heterocycles. The van der Waals surface area contributed by atoms with Gasteiger partial charge in [-0.15, -0.1) is 0 Å². The smallest absolute Gasteiger partial charge is 0.143 e. The predicted octanol–water partition coefficient (Wildman–Crippen LogP) is 31.9. The molecule has 0 aliphatic rings. The highest BCUT2D eigenvalue weighted by Gasteiger charge is 2.25. The van der Waals surface area contributed by atoms with Crippen LogP contribution in [0.4, 0.5) is 34.1 Å². The SMILES string of the molecule is c1ccc(N(c2ccc(-c3ccc(-c4ccc5ccc(-c6cccc7c6oc6c(-c8ccccc8N(c8ccc(-c9ccc%10ccccc%10c9)cc8)c8ccc(-c9ccc%10c(c9)oc9ccccc9%10)cc8)cccc67)cc5c4)cc3)cc2)c2ccc(-c3ccc4c(c3)oc3ccccc34)cc2)c(-c2cccc3c2oc2ccccc23)c1. The van der Waals surface area contributed by atoms with Crippen molar-refractivity contribution < 1.29 is 17.7 Å². The molecule has 0 spiro atoms. The lowest BCUT2D eigenvalue weighted by molar-refractivity contribution is 0.668. The summed E-state index contributed by atoms with van der Waals surface area (Å²) in [5, 5.41) is 13.5. The lowest BCUT2D eigenvalue weighted by Crippen LogP contribution is -2.11. The van der Waals surface area contributed by atoms with E-state index in [1.807, 2.05) is 36.4 Å². The number of fused-ring (bicyclic) bond motifs is 14. The van der Waals surface area contributed by atoms with E-state index in [0.717, 1.165) is 216 Å². The molecule has 0 bridgehead atoms. The molecule has 6 heteroatoms. The Bertz CT molecular complexity index is 7820. The molecule has 0 saturated carbocycles. The monoisotopic (exact) mass is 1480 g/mol. The summed E-state index contributed by atoms with van der Waals surface area (Å²) >= 11 is 0. The standard InChI is InChI=1S/C110H68N2O4/c1-2-17-77-64-78(41-38-69(77)16-1)73-46-56-85(57-47-73)112(87-60-50-75(51-61-87)81-53-63-95-92-21-6-11-32-104(92)114-107(95)68-81)102-30-9-4-19-90(102)97-25-15-28-100-99-27-13-23-88(108(99)116-110(97)100)82-43-40-76-39-42-79(65-83(76)66-82)72-36-34-70(35-37-72)71-44-54-84(55-45-71)111(86-58-48-74(49-59-86)80-52-62-94-91-20-5-10-31-103(91)113-106(94)67-80)101-29-8-3-18-89(101)96-24-14-26-98-93-22-7-12-33-105(93)115-109(96)98/h1-68H. The maximum Gasteiger partial charge on any atom is 0.143 e. The van der Waals surface area contributed by atoms with E-state index in [4.69, 9.17) is 17.7 Å². The molecule has 0 atom stereocenters. The minimum Gasteiger partial charge on any atom is -0.456 e. The lowest BCUT2D eigenvalue weighted by atomic mass is 9.95. The van der Waals surface area contributed by atoms with Crippen molar-refractivity contribution in [3.05, 3.63) is 413 Å². The number of furan rings is 4. The molecule has 0 fully saturated rings. The summed E-state index contributed by atoms with van der Waals surface area (Å²) in [6.07, 6.45) is 0. The highest BCUT2D eigenvalue weighted by Crippen LogP contribution is 2.50. The topological polar surface area (TPSA) is 59.0 Å². The van der Waals surface area contributed by atoms with Crippen LogP contribution in [0, 0.1) is 0 Å². The molecule has 0 saturated heterocycles. The van der Waals surface area contributed by atoms with Crippen LogP contribution in [0.1, 0.15) is 0 Å². The zero-order chi connectivity index (χ0) is 76.3. The molecule has 542 valence electrons. The van der Waals surface area contributed by atoms with E-state index >= 15 is 0 Å². The van der Waals surface area contributed by atoms with E-state index in [2.05, 4.69) is 386 Å². The molecule has 0 radical (unpaired) electrons. The Morgan fingerprint density at radius 2 is 0.431 bits per heavy atom. The molecule has 0 amide bonds. The van der Waals surface area contributed by atoms with Gasteiger partial charge in [0.2, 0.25) is 0 Å². The highest BCUT2D eigenvalue weighted by molar-refractivity contribution is 6.16. The molecular weight excluding hydrogens is 1410 g/mol. The average molecular weight is 1480 g/mol. The molecule has 4 heterocycles. The molecule has 0 aliphatic carbocycles. The van der Waals surface area contributed by atoms with E-state index in [1.54, 1.807) is 0 Å². The van der Waals surface area contributed by atoms with Crippen LogP contribution < -0.4 is 9.80 Å². The zero-order valence-electron chi connectivity index (χ0n) is 62.8. The Labute approximate surface area is 668 Å². The summed E-state index contributed by atoms with van der Waals surface area (Å²) in [5.41, 5.74) is 30.6. The summed E-state index contributed by atoms with van der Waals surface area (Å²) < 4.78 is 26.8. The van der Waals surface area contributed by atoms with Gasteiger partial charge in [0.15, 0.2) is 0 Å². The van der Waals surface area contributed by atoms with Crippen molar-refractivity contribution in [1.29, 1.82) is 0 Å². The van der Waals surface area contributed by atoms with Crippen molar-refractivity contribution in [3.63, 3.8) is 0 Å². The Balaban J connectivity index is 0.558. The van der Waals surface area contributed by atoms with Crippen LogP contribution >= 0.6 is 0 Å². The van der Waals surface area contributed by atoms with Crippen molar-refractivity contribution in [1.82, 2.24) is 0 Å². The molecule has 23 rings (SSSR count). The fourth-order valence-corrected chi connectivity index (χ4v) is 17.7. The molecule has 19 aromatic carbocycles. The van der Waals surface area contributed by atoms with E-state index < -0.39 is 0 Å². The number of hydrogen-bond acceptors (Lipinski definition) is 6. The van der Waals surface area contributed by atoms with Crippen LogP contribution in [0.2, 0.25) is 0 Å². The van der Waals surface area contributed by atoms with E-state index in [-0.39, 0.29) is 0 Å². The van der Waals surface area contributed by atoms with Gasteiger partial charge in [-0.05, 0) is 204 Å². The molecule has 0 unspecified atom stereocenters. The summed E-state index contributed by atoms with van der Waals surface area (Å²) in [4.78, 5) is 4.74. The highest BCUT2D eigenvalue weighted by atomic mass is 16.3. The van der Waals surface area contributed by atoms with Crippen LogP contribution in [0.3, 0.4) is 0 Å². The molecule has 6 nitrogen and oxygen atoms in total. The van der Waals surface area contributed by atoms with Crippen LogP contribution in [0.25, 0.3) is 198 Å². The van der Waals surface area contributed by atoms with E-state index in [0.29, 0.717) is 0 Å². The normalized spacial score (nSPS) is 11.8. The second kappa shape index (κ2) is 27.2. The van der Waals surface area contributed by atoms with Gasteiger partial charge < -0.3 is 27.5 Å². The summed E-state index contributed by atoms with van der Waals surface area (Å²) in [5.74, 6) is 0. The van der Waals surface area contributed by atoms with Gasteiger partial charge in [0.05, 0.1) is 11.4 Å². The minimum absolute atomic E-state index is 0.834. The third-order valence-electron chi connectivity index (χ3n) is 23.5. The van der Waals surface area contributed by atoms with Crippen LogP contribution in [-0.2, 0) is 0 Å². The third-order valence-corrected chi connectivity index (χ3v) is 23.5. The number of nitrogens with zero attached hydrogens (tertiary/aromatic N) is 2. The van der Waals surface area contributed by atoms with Gasteiger partial charge in [-0.3, -0.25) is 0 Å². The number of benzene rings is 19. The van der Waals surface area contributed by atoms with Crippen molar-refractivity contribution in [3.8, 4) is 89.0 Å². The fraction of sp³-hybridized carbons (Fsp3) is 0. The largest absolute Gasteiger partial charge is 0.456 e. The summed E-state index contributed by atoms with van der Waals surface area (Å²) in [6.45, 7) is 0. The van der Waals surface area contributed by atoms with E-state index in [9.17, 15) is 0 Å². The second-order valence-corrected chi connectivity index (χ2v) is 30.2. The van der Waals surface area contributed by atoms with Gasteiger partial charge in [0.25, 0.3) is 0 Å². The quantitative estimate of drug-likeness (QED) is 0.108. The fourth-order valence-electron chi connectivity index (χ4n) is 17.7. The maximum atomic E-state index is 7.33. The van der Waals surface area contributed by atoms with Gasteiger partial charge in [-0.1, -0.05) is 291 Å². The number of para-hydroxylation sites is 8. The van der Waals surface area contributed by atoms with Gasteiger partial charge in [0.1, 0.15) is 44.7 Å². The van der Waals surface area contributed by atoms with Crippen molar-refractivity contribution in [2.45, 2.75) is 0 Å². The minimum atomic E-state index is 0.834. The molecular formula is C110H68N2O4. The third kappa shape index (κ3) is 11.3. The van der Waals surface area contributed by atoms with Gasteiger partial charge in [-0.2, -0.15) is 0 Å². The average Bonchev–Trinajstić information content (AvgIpc) is 1.60. The van der Waals surface area contributed by atoms with Crippen LogP contribution in [0.5, 0.6) is 0 Å². The van der Waals surface area contributed by atoms with Gasteiger partial charge in [0, 0.05) is 93.7 Å². The van der Waals surface area contributed by atoms with Gasteiger partial charge in [-0.25, -0.2) is 0 Å². The Hall–Kier alpha value is -15.5. The number of rotatable bonds is 14. The number of hydrogen-bond donors (Lipinski definition) is 0. The Morgan fingerprint density at radius 3 is 0.914 bits per heavy atom. The first-order valence-electron chi connectivity index (χ1n) is 39.5. The first kappa shape index (κ1) is 66.3. The van der Waals surface area contributed by atoms with Crippen molar-refractivity contribution in [2.24, 2.45) is 0 Å². The molecule has 116 heavy (non-hydrogen) atoms. The van der Waals surface area contributed by atoms with E-state index in [1.165, 1.54) is 16.3 Å². The lowest BCUT2D eigenvalue weighted by Gasteiger charge is -2.28. The van der Waals surface area contributed by atoms with Crippen molar-refractivity contribution in [2.75, 3.05) is 9.80 Å². The summed E-state index contributed by atoms with van der Waals surface area (Å²) in [6, 6.07) is 148. The first-order valence-corrected chi connectivity index (χ1v) is 39.5. The van der Waals surface area contributed by atoms with Gasteiger partial charge >= 0.3 is 0 Å². The summed E-state index contributed by atoms with van der Waals surface area (Å²) in [7, 11) is 0. The molecule has 23 aromatic rings. The number of anilines is 6. The maximum absolute atomic E-state index is 7.33.